The highest BCUT2D eigenvalue weighted by Crippen LogP contribution is 2.35. The van der Waals surface area contributed by atoms with E-state index in [2.05, 4.69) is 59.8 Å². The Labute approximate surface area is 175 Å². The van der Waals surface area contributed by atoms with Crippen molar-refractivity contribution in [2.45, 2.75) is 66.7 Å². The van der Waals surface area contributed by atoms with Gasteiger partial charge in [-0.05, 0) is 62.1 Å². The maximum absolute atomic E-state index is 5.46. The van der Waals surface area contributed by atoms with Gasteiger partial charge in [0.2, 0.25) is 0 Å². The Balaban J connectivity index is 2.04. The molecule has 2 heterocycles. The van der Waals surface area contributed by atoms with Crippen LogP contribution in [0, 0.1) is 18.8 Å². The summed E-state index contributed by atoms with van der Waals surface area (Å²) >= 11 is 0. The van der Waals surface area contributed by atoms with Gasteiger partial charge in [0.15, 0.2) is 0 Å². The van der Waals surface area contributed by atoms with E-state index in [0.717, 1.165) is 65.6 Å². The summed E-state index contributed by atoms with van der Waals surface area (Å²) < 4.78 is 5.46. The summed E-state index contributed by atoms with van der Waals surface area (Å²) in [6, 6.07) is 4.30. The Bertz CT molecular complexity index is 901. The number of hydrogen-bond acceptors (Lipinski definition) is 4. The van der Waals surface area contributed by atoms with E-state index >= 15 is 0 Å². The molecule has 3 rings (SSSR count). The van der Waals surface area contributed by atoms with Crippen LogP contribution in [0.15, 0.2) is 18.2 Å². The highest BCUT2D eigenvalue weighted by molar-refractivity contribution is 5.71. The van der Waals surface area contributed by atoms with Crippen molar-refractivity contribution in [3.8, 4) is 11.3 Å². The standard InChI is InChI=1S/C25H35N3O/c1-8-18(14-29-7)19-12-16(5)24-23(13-19)27-21(9-2)25(28-24)20-10-11-22(15(3)4)26-17(20)6/h10-12,15,18-19H,8-9,13-14H2,1-7H3/t18-,19+/m1/s1. The van der Waals surface area contributed by atoms with Crippen molar-refractivity contribution in [2.75, 3.05) is 13.7 Å². The zero-order valence-corrected chi connectivity index (χ0v) is 19.0. The summed E-state index contributed by atoms with van der Waals surface area (Å²) in [7, 11) is 1.79. The molecule has 0 spiro atoms. The summed E-state index contributed by atoms with van der Waals surface area (Å²) in [6.07, 6.45) is 5.30. The van der Waals surface area contributed by atoms with E-state index in [0.29, 0.717) is 17.8 Å². The van der Waals surface area contributed by atoms with Gasteiger partial charge in [-0.15, -0.1) is 0 Å². The van der Waals surface area contributed by atoms with Crippen molar-refractivity contribution in [3.63, 3.8) is 0 Å². The van der Waals surface area contributed by atoms with E-state index in [-0.39, 0.29) is 0 Å². The van der Waals surface area contributed by atoms with Gasteiger partial charge in [-0.3, -0.25) is 9.97 Å². The Morgan fingerprint density at radius 3 is 2.41 bits per heavy atom. The van der Waals surface area contributed by atoms with E-state index in [1.807, 2.05) is 0 Å². The van der Waals surface area contributed by atoms with E-state index in [1.165, 1.54) is 5.57 Å². The Morgan fingerprint density at radius 2 is 1.83 bits per heavy atom. The van der Waals surface area contributed by atoms with Gasteiger partial charge in [0.25, 0.3) is 0 Å². The van der Waals surface area contributed by atoms with Crippen molar-refractivity contribution < 1.29 is 4.74 Å². The van der Waals surface area contributed by atoms with Gasteiger partial charge in [0, 0.05) is 30.7 Å². The lowest BCUT2D eigenvalue weighted by Crippen LogP contribution is -2.24. The van der Waals surface area contributed by atoms with Gasteiger partial charge in [-0.25, -0.2) is 4.98 Å². The van der Waals surface area contributed by atoms with Crippen molar-refractivity contribution in [1.82, 2.24) is 15.0 Å². The number of nitrogens with zero attached hydrogens (tertiary/aromatic N) is 3. The SMILES string of the molecule is CCc1nc2c(nc1-c1ccc(C(C)C)nc1C)C(C)=C[C@H]([C@H](CC)COC)C2. The molecule has 0 radical (unpaired) electrons. The van der Waals surface area contributed by atoms with Crippen molar-refractivity contribution in [3.05, 3.63) is 46.7 Å². The maximum atomic E-state index is 5.46. The molecule has 4 nitrogen and oxygen atoms in total. The third-order valence-electron chi connectivity index (χ3n) is 6.11. The lowest BCUT2D eigenvalue weighted by atomic mass is 9.81. The molecule has 0 fully saturated rings. The van der Waals surface area contributed by atoms with Crippen molar-refractivity contribution in [1.29, 1.82) is 0 Å². The van der Waals surface area contributed by atoms with E-state index in [1.54, 1.807) is 7.11 Å². The second kappa shape index (κ2) is 9.17. The van der Waals surface area contributed by atoms with Crippen molar-refractivity contribution in [2.24, 2.45) is 11.8 Å². The Morgan fingerprint density at radius 1 is 1.07 bits per heavy atom. The molecule has 0 aliphatic heterocycles. The van der Waals surface area contributed by atoms with Gasteiger partial charge < -0.3 is 4.74 Å². The minimum absolute atomic E-state index is 0.420. The van der Waals surface area contributed by atoms with Crippen LogP contribution in [-0.4, -0.2) is 28.7 Å². The molecule has 2 aromatic rings. The molecule has 0 unspecified atom stereocenters. The first-order valence-electron chi connectivity index (χ1n) is 10.9. The summed E-state index contributed by atoms with van der Waals surface area (Å²) in [5, 5.41) is 0. The molecule has 0 saturated carbocycles. The van der Waals surface area contributed by atoms with Crippen LogP contribution in [0.2, 0.25) is 0 Å². The number of aryl methyl sites for hydroxylation is 2. The number of methoxy groups -OCH3 is 1. The average molecular weight is 394 g/mol. The van der Waals surface area contributed by atoms with Crippen LogP contribution in [0.1, 0.15) is 75.4 Å². The molecule has 0 N–H and O–H groups in total. The van der Waals surface area contributed by atoms with Crippen LogP contribution >= 0.6 is 0 Å². The smallest absolute Gasteiger partial charge is 0.0943 e. The normalized spacial score (nSPS) is 17.2. The highest BCUT2D eigenvalue weighted by atomic mass is 16.5. The number of rotatable bonds is 7. The number of ether oxygens (including phenoxy) is 1. The quantitative estimate of drug-likeness (QED) is 0.598. The van der Waals surface area contributed by atoms with E-state index in [9.17, 15) is 0 Å². The van der Waals surface area contributed by atoms with Crippen LogP contribution in [0.5, 0.6) is 0 Å². The lowest BCUT2D eigenvalue weighted by molar-refractivity contribution is 0.128. The van der Waals surface area contributed by atoms with Gasteiger partial charge in [-0.2, -0.15) is 0 Å². The third kappa shape index (κ3) is 4.42. The molecule has 1 aliphatic carbocycles. The Kier molecular flexibility index (Phi) is 6.84. The fourth-order valence-corrected chi connectivity index (χ4v) is 4.33. The zero-order valence-electron chi connectivity index (χ0n) is 19.0. The summed E-state index contributed by atoms with van der Waals surface area (Å²) in [6.45, 7) is 13.8. The van der Waals surface area contributed by atoms with Gasteiger partial charge in [0.1, 0.15) is 0 Å². The Hall–Kier alpha value is -2.07. The third-order valence-corrected chi connectivity index (χ3v) is 6.11. The minimum Gasteiger partial charge on any atom is -0.384 e. The predicted octanol–water partition coefficient (Wildman–Crippen LogP) is 5.78. The highest BCUT2D eigenvalue weighted by Gasteiger charge is 2.27. The molecule has 156 valence electrons. The van der Waals surface area contributed by atoms with Gasteiger partial charge in [0.05, 0.1) is 22.8 Å². The fourth-order valence-electron chi connectivity index (χ4n) is 4.33. The second-order valence-electron chi connectivity index (χ2n) is 8.53. The first-order chi connectivity index (χ1) is 13.9. The molecular formula is C25H35N3O. The molecule has 4 heteroatoms. The van der Waals surface area contributed by atoms with Crippen LogP contribution in [0.25, 0.3) is 16.8 Å². The molecule has 29 heavy (non-hydrogen) atoms. The summed E-state index contributed by atoms with van der Waals surface area (Å²) in [5.74, 6) is 1.40. The molecule has 1 aliphatic rings. The number of hydrogen-bond donors (Lipinski definition) is 0. The molecular weight excluding hydrogens is 358 g/mol. The fraction of sp³-hybridized carbons (Fsp3) is 0.560. The van der Waals surface area contributed by atoms with E-state index < -0.39 is 0 Å². The van der Waals surface area contributed by atoms with E-state index in [4.69, 9.17) is 19.7 Å². The molecule has 0 bridgehead atoms. The first-order valence-corrected chi connectivity index (χ1v) is 10.9. The molecule has 0 aromatic carbocycles. The number of allylic oxidation sites excluding steroid dienone is 2. The maximum Gasteiger partial charge on any atom is 0.0943 e. The molecule has 0 saturated heterocycles. The first kappa shape index (κ1) is 21.6. The van der Waals surface area contributed by atoms with Crippen LogP contribution in [0.4, 0.5) is 0 Å². The molecule has 2 aromatic heterocycles. The summed E-state index contributed by atoms with van der Waals surface area (Å²) in [4.78, 5) is 15.1. The number of pyridine rings is 1. The number of fused-ring (bicyclic) bond motifs is 1. The van der Waals surface area contributed by atoms with Crippen LogP contribution in [0.3, 0.4) is 0 Å². The molecule has 0 amide bonds. The second-order valence-corrected chi connectivity index (χ2v) is 8.53. The lowest BCUT2D eigenvalue weighted by Gasteiger charge is -2.28. The predicted molar refractivity (Wildman–Crippen MR) is 120 cm³/mol. The number of aromatic nitrogens is 3. The topological polar surface area (TPSA) is 47.9 Å². The average Bonchev–Trinajstić information content (AvgIpc) is 2.71. The largest absolute Gasteiger partial charge is 0.384 e. The van der Waals surface area contributed by atoms with Gasteiger partial charge in [-0.1, -0.05) is 40.2 Å². The van der Waals surface area contributed by atoms with Crippen molar-refractivity contribution >= 4 is 5.57 Å². The summed E-state index contributed by atoms with van der Waals surface area (Å²) in [5.41, 5.74) is 8.72. The molecule has 2 atom stereocenters. The zero-order chi connectivity index (χ0) is 21.1. The minimum atomic E-state index is 0.420. The van der Waals surface area contributed by atoms with Gasteiger partial charge >= 0.3 is 0 Å². The van der Waals surface area contributed by atoms with Crippen LogP contribution in [-0.2, 0) is 17.6 Å². The van der Waals surface area contributed by atoms with Crippen LogP contribution < -0.4 is 0 Å². The monoisotopic (exact) mass is 393 g/mol.